The van der Waals surface area contributed by atoms with Crippen molar-refractivity contribution in [2.45, 2.75) is 5.92 Å². The van der Waals surface area contributed by atoms with E-state index in [1.54, 1.807) is 19.3 Å². The molecule has 0 atom stereocenters. The number of nitrogens with zero attached hydrogens (tertiary/aromatic N) is 1. The fourth-order valence-corrected chi connectivity index (χ4v) is 3.07. The lowest BCUT2D eigenvalue weighted by Gasteiger charge is -2.27. The first-order valence-corrected chi connectivity index (χ1v) is 7.97. The number of amides is 1. The van der Waals surface area contributed by atoms with E-state index in [4.69, 9.17) is 4.74 Å². The number of rotatable bonds is 2. The SMILES string of the molecule is Cn1cc(NC(=O)C2c3ccccc3Oc3ccccc32)ccc1=O. The summed E-state index contributed by atoms with van der Waals surface area (Å²) in [7, 11) is 1.65. The number of anilines is 1. The summed E-state index contributed by atoms with van der Waals surface area (Å²) >= 11 is 0. The number of aryl methyl sites for hydroxylation is 1. The Morgan fingerprint density at radius 3 is 2.16 bits per heavy atom. The normalized spacial score (nSPS) is 12.7. The van der Waals surface area contributed by atoms with Gasteiger partial charge in [0.1, 0.15) is 11.5 Å². The number of nitrogens with one attached hydrogen (secondary N) is 1. The lowest BCUT2D eigenvalue weighted by Crippen LogP contribution is -2.26. The van der Waals surface area contributed by atoms with Crippen LogP contribution in [-0.4, -0.2) is 10.5 Å². The summed E-state index contributed by atoms with van der Waals surface area (Å²) < 4.78 is 7.35. The molecule has 124 valence electrons. The average molecular weight is 332 g/mol. The van der Waals surface area contributed by atoms with E-state index in [2.05, 4.69) is 5.32 Å². The molecule has 25 heavy (non-hydrogen) atoms. The first-order chi connectivity index (χ1) is 12.1. The van der Waals surface area contributed by atoms with E-state index in [0.717, 1.165) is 11.1 Å². The van der Waals surface area contributed by atoms with Gasteiger partial charge in [0.2, 0.25) is 11.5 Å². The maximum atomic E-state index is 13.0. The minimum Gasteiger partial charge on any atom is -0.457 e. The molecule has 0 radical (unpaired) electrons. The molecule has 3 aromatic rings. The minimum absolute atomic E-state index is 0.125. The van der Waals surface area contributed by atoms with Crippen molar-refractivity contribution in [3.63, 3.8) is 0 Å². The van der Waals surface area contributed by atoms with Crippen molar-refractivity contribution in [2.75, 3.05) is 5.32 Å². The summed E-state index contributed by atoms with van der Waals surface area (Å²) in [5, 5.41) is 2.91. The van der Waals surface area contributed by atoms with Gasteiger partial charge >= 0.3 is 0 Å². The summed E-state index contributed by atoms with van der Waals surface area (Å²) in [5.74, 6) is 0.726. The predicted octanol–water partition coefficient (Wildman–Crippen LogP) is 3.26. The molecule has 5 heteroatoms. The van der Waals surface area contributed by atoms with E-state index < -0.39 is 5.92 Å². The van der Waals surface area contributed by atoms with Gasteiger partial charge in [-0.2, -0.15) is 0 Å². The number of carbonyl (C=O) groups is 1. The molecule has 0 fully saturated rings. The Bertz CT molecular complexity index is 978. The lowest BCUT2D eigenvalue weighted by atomic mass is 9.87. The highest BCUT2D eigenvalue weighted by Gasteiger charge is 2.32. The molecular formula is C20H16N2O3. The monoisotopic (exact) mass is 332 g/mol. The Morgan fingerprint density at radius 2 is 1.56 bits per heavy atom. The number of pyridine rings is 1. The third-order valence-corrected chi connectivity index (χ3v) is 4.30. The van der Waals surface area contributed by atoms with E-state index >= 15 is 0 Å². The third-order valence-electron chi connectivity index (χ3n) is 4.30. The van der Waals surface area contributed by atoms with Crippen LogP contribution in [0.1, 0.15) is 17.0 Å². The molecule has 0 spiro atoms. The highest BCUT2D eigenvalue weighted by atomic mass is 16.5. The van der Waals surface area contributed by atoms with Gasteiger partial charge < -0.3 is 14.6 Å². The maximum Gasteiger partial charge on any atom is 0.250 e. The number of hydrogen-bond donors (Lipinski definition) is 1. The second-order valence-corrected chi connectivity index (χ2v) is 5.97. The van der Waals surface area contributed by atoms with Crippen LogP contribution in [0.25, 0.3) is 0 Å². The van der Waals surface area contributed by atoms with Crippen molar-refractivity contribution in [3.05, 3.63) is 88.3 Å². The van der Waals surface area contributed by atoms with Crippen molar-refractivity contribution in [2.24, 2.45) is 7.05 Å². The summed E-state index contributed by atoms with van der Waals surface area (Å²) in [4.78, 5) is 24.6. The summed E-state index contributed by atoms with van der Waals surface area (Å²) in [6, 6.07) is 18.1. The quantitative estimate of drug-likeness (QED) is 0.783. The summed E-state index contributed by atoms with van der Waals surface area (Å²) in [6.45, 7) is 0. The molecule has 0 bridgehead atoms. The van der Waals surface area contributed by atoms with Crippen LogP contribution < -0.4 is 15.6 Å². The molecule has 1 amide bonds. The van der Waals surface area contributed by atoms with Crippen LogP contribution in [0.2, 0.25) is 0 Å². The molecule has 1 aromatic heterocycles. The smallest absolute Gasteiger partial charge is 0.250 e. The molecule has 0 saturated carbocycles. The van der Waals surface area contributed by atoms with Crippen LogP contribution in [0.5, 0.6) is 11.5 Å². The fourth-order valence-electron chi connectivity index (χ4n) is 3.07. The van der Waals surface area contributed by atoms with Crippen molar-refractivity contribution in [1.29, 1.82) is 0 Å². The van der Waals surface area contributed by atoms with Gasteiger partial charge in [-0.05, 0) is 18.2 Å². The zero-order valence-corrected chi connectivity index (χ0v) is 13.6. The third kappa shape index (κ3) is 2.70. The molecule has 0 saturated heterocycles. The lowest BCUT2D eigenvalue weighted by molar-refractivity contribution is -0.116. The molecule has 4 rings (SSSR count). The van der Waals surface area contributed by atoms with Gasteiger partial charge in [0.05, 0.1) is 11.6 Å². The van der Waals surface area contributed by atoms with Crippen molar-refractivity contribution in [1.82, 2.24) is 4.57 Å². The Hall–Kier alpha value is -3.34. The van der Waals surface area contributed by atoms with Crippen LogP contribution in [-0.2, 0) is 11.8 Å². The van der Waals surface area contributed by atoms with E-state index in [-0.39, 0.29) is 11.5 Å². The number of benzene rings is 2. The predicted molar refractivity (Wildman–Crippen MR) is 95.1 cm³/mol. The molecule has 2 heterocycles. The second kappa shape index (κ2) is 5.94. The van der Waals surface area contributed by atoms with Crippen LogP contribution in [0.15, 0.2) is 71.7 Å². The highest BCUT2D eigenvalue weighted by molar-refractivity contribution is 5.99. The highest BCUT2D eigenvalue weighted by Crippen LogP contribution is 2.44. The van der Waals surface area contributed by atoms with Gasteiger partial charge in [0, 0.05) is 30.4 Å². The van der Waals surface area contributed by atoms with E-state index in [9.17, 15) is 9.59 Å². The Kier molecular flexibility index (Phi) is 3.61. The van der Waals surface area contributed by atoms with Crippen molar-refractivity contribution < 1.29 is 9.53 Å². The van der Waals surface area contributed by atoms with E-state index in [0.29, 0.717) is 17.2 Å². The molecule has 1 aliphatic rings. The molecule has 5 nitrogen and oxygen atoms in total. The Labute approximate surface area is 144 Å². The van der Waals surface area contributed by atoms with Gasteiger partial charge in [-0.3, -0.25) is 9.59 Å². The zero-order chi connectivity index (χ0) is 17.4. The molecule has 2 aromatic carbocycles. The number of carbonyl (C=O) groups excluding carboxylic acids is 1. The van der Waals surface area contributed by atoms with Gasteiger partial charge in [-0.25, -0.2) is 0 Å². The Morgan fingerprint density at radius 1 is 0.960 bits per heavy atom. The van der Waals surface area contributed by atoms with Crippen molar-refractivity contribution in [3.8, 4) is 11.5 Å². The van der Waals surface area contributed by atoms with Gasteiger partial charge in [0.15, 0.2) is 0 Å². The second-order valence-electron chi connectivity index (χ2n) is 5.97. The maximum absolute atomic E-state index is 13.0. The van der Waals surface area contributed by atoms with E-state index in [1.807, 2.05) is 48.5 Å². The number of ether oxygens (including phenoxy) is 1. The van der Waals surface area contributed by atoms with Gasteiger partial charge in [0.25, 0.3) is 0 Å². The van der Waals surface area contributed by atoms with Crippen LogP contribution in [0.3, 0.4) is 0 Å². The van der Waals surface area contributed by atoms with Crippen LogP contribution >= 0.6 is 0 Å². The molecule has 0 aliphatic carbocycles. The molecular weight excluding hydrogens is 316 g/mol. The number of fused-ring (bicyclic) bond motifs is 2. The van der Waals surface area contributed by atoms with Crippen LogP contribution in [0.4, 0.5) is 5.69 Å². The average Bonchev–Trinajstić information content (AvgIpc) is 2.62. The van der Waals surface area contributed by atoms with Gasteiger partial charge in [-0.1, -0.05) is 36.4 Å². The first kappa shape index (κ1) is 15.2. The molecule has 1 N–H and O–H groups in total. The first-order valence-electron chi connectivity index (χ1n) is 7.97. The number of aromatic nitrogens is 1. The number of para-hydroxylation sites is 2. The minimum atomic E-state index is -0.474. The number of hydrogen-bond acceptors (Lipinski definition) is 3. The van der Waals surface area contributed by atoms with Gasteiger partial charge in [-0.15, -0.1) is 0 Å². The largest absolute Gasteiger partial charge is 0.457 e. The molecule has 1 aliphatic heterocycles. The van der Waals surface area contributed by atoms with Crippen molar-refractivity contribution >= 4 is 11.6 Å². The summed E-state index contributed by atoms with van der Waals surface area (Å²) in [6.07, 6.45) is 1.61. The van der Waals surface area contributed by atoms with Crippen LogP contribution in [0, 0.1) is 0 Å². The molecule has 0 unspecified atom stereocenters. The topological polar surface area (TPSA) is 60.3 Å². The fraction of sp³-hybridized carbons (Fsp3) is 0.100. The van der Waals surface area contributed by atoms with E-state index in [1.165, 1.54) is 10.6 Å². The summed E-state index contributed by atoms with van der Waals surface area (Å²) in [5.41, 5.74) is 2.10. The standard InChI is InChI=1S/C20H16N2O3/c1-22-12-13(10-11-18(22)23)21-20(24)19-14-6-2-4-8-16(14)25-17-9-5-3-7-15(17)19/h2-12,19H,1H3,(H,21,24). The zero-order valence-electron chi connectivity index (χ0n) is 13.6. The Balaban J connectivity index is 1.75.